The fourth-order valence-electron chi connectivity index (χ4n) is 3.64. The number of benzene rings is 4. The fourth-order valence-corrected chi connectivity index (χ4v) is 3.64. The van der Waals surface area contributed by atoms with Crippen LogP contribution in [0.2, 0.25) is 0 Å². The molecule has 1 aromatic heterocycles. The first kappa shape index (κ1) is 15.6. The van der Waals surface area contributed by atoms with E-state index in [1.165, 1.54) is 22.3 Å². The van der Waals surface area contributed by atoms with Crippen molar-refractivity contribution in [2.45, 2.75) is 0 Å². The van der Waals surface area contributed by atoms with Gasteiger partial charge in [-0.05, 0) is 23.3 Å². The third kappa shape index (κ3) is 2.72. The highest BCUT2D eigenvalue weighted by atomic mass is 15.1. The third-order valence-electron chi connectivity index (χ3n) is 4.90. The number of imidazole rings is 1. The van der Waals surface area contributed by atoms with Crippen molar-refractivity contribution in [3.05, 3.63) is 109 Å². The lowest BCUT2D eigenvalue weighted by Gasteiger charge is -2.17. The highest BCUT2D eigenvalue weighted by Crippen LogP contribution is 2.36. The van der Waals surface area contributed by atoms with Gasteiger partial charge in [0.05, 0.1) is 16.7 Å². The smallest absolute Gasteiger partial charge is 0.100 e. The van der Waals surface area contributed by atoms with Gasteiger partial charge in [-0.3, -0.25) is 4.57 Å². The van der Waals surface area contributed by atoms with E-state index in [1.807, 2.05) is 12.4 Å². The van der Waals surface area contributed by atoms with E-state index < -0.39 is 0 Å². The molecule has 128 valence electrons. The molecule has 4 aromatic carbocycles. The summed E-state index contributed by atoms with van der Waals surface area (Å²) in [6, 6.07) is 35.9. The Labute approximate surface area is 158 Å². The monoisotopic (exact) mass is 346 g/mol. The van der Waals surface area contributed by atoms with Gasteiger partial charge in [0, 0.05) is 11.1 Å². The van der Waals surface area contributed by atoms with Gasteiger partial charge >= 0.3 is 0 Å². The largest absolute Gasteiger partial charge is 0.298 e. The number of fused-ring (bicyclic) bond motifs is 1. The minimum absolute atomic E-state index is 0.999. The molecule has 0 unspecified atom stereocenters. The Morgan fingerprint density at radius 3 is 1.70 bits per heavy atom. The second-order valence-corrected chi connectivity index (χ2v) is 6.54. The number of para-hydroxylation sites is 3. The Morgan fingerprint density at radius 1 is 0.519 bits per heavy atom. The van der Waals surface area contributed by atoms with Crippen LogP contribution in [0.15, 0.2) is 109 Å². The lowest BCUT2D eigenvalue weighted by Crippen LogP contribution is -1.99. The summed E-state index contributed by atoms with van der Waals surface area (Å²) >= 11 is 0. The summed E-state index contributed by atoms with van der Waals surface area (Å²) in [5, 5.41) is 0. The van der Waals surface area contributed by atoms with E-state index in [9.17, 15) is 0 Å². The second kappa shape index (κ2) is 6.58. The van der Waals surface area contributed by atoms with Crippen molar-refractivity contribution in [3.63, 3.8) is 0 Å². The molecule has 0 atom stereocenters. The van der Waals surface area contributed by atoms with Crippen molar-refractivity contribution < 1.29 is 0 Å². The van der Waals surface area contributed by atoms with Crippen molar-refractivity contribution >= 4 is 11.0 Å². The average Bonchev–Trinajstić information content (AvgIpc) is 3.18. The van der Waals surface area contributed by atoms with Gasteiger partial charge < -0.3 is 0 Å². The number of hydrogen-bond acceptors (Lipinski definition) is 1. The normalized spacial score (nSPS) is 11.0. The van der Waals surface area contributed by atoms with E-state index in [1.54, 1.807) is 0 Å². The van der Waals surface area contributed by atoms with Gasteiger partial charge in [-0.25, -0.2) is 4.98 Å². The molecule has 0 saturated heterocycles. The van der Waals surface area contributed by atoms with E-state index in [4.69, 9.17) is 0 Å². The standard InChI is InChI=1S/C25H18N2/c1-3-10-19(11-4-1)21-14-9-15-22(20-12-5-2-6-13-20)25(21)27-18-26-23-16-7-8-17-24(23)27/h1-18H. The molecule has 0 aliphatic rings. The molecule has 2 heteroatoms. The van der Waals surface area contributed by atoms with E-state index in [0.29, 0.717) is 0 Å². The Morgan fingerprint density at radius 2 is 1.07 bits per heavy atom. The molecule has 0 aliphatic carbocycles. The summed E-state index contributed by atoms with van der Waals surface area (Å²) in [5.41, 5.74) is 8.05. The second-order valence-electron chi connectivity index (χ2n) is 6.54. The molecule has 2 nitrogen and oxygen atoms in total. The van der Waals surface area contributed by atoms with E-state index in [2.05, 4.69) is 107 Å². The van der Waals surface area contributed by atoms with Crippen LogP contribution in [0.25, 0.3) is 39.0 Å². The zero-order valence-electron chi connectivity index (χ0n) is 14.8. The first-order valence-electron chi connectivity index (χ1n) is 9.08. The number of rotatable bonds is 3. The highest BCUT2D eigenvalue weighted by Gasteiger charge is 2.15. The molecule has 0 aliphatic heterocycles. The summed E-state index contributed by atoms with van der Waals surface area (Å²) in [6.07, 6.45) is 1.93. The van der Waals surface area contributed by atoms with Crippen molar-refractivity contribution in [3.8, 4) is 27.9 Å². The number of nitrogens with zero attached hydrogens (tertiary/aromatic N) is 2. The molecule has 0 N–H and O–H groups in total. The molecule has 0 radical (unpaired) electrons. The molecular weight excluding hydrogens is 328 g/mol. The lowest BCUT2D eigenvalue weighted by molar-refractivity contribution is 1.10. The van der Waals surface area contributed by atoms with Crippen LogP contribution in [0.1, 0.15) is 0 Å². The lowest BCUT2D eigenvalue weighted by atomic mass is 9.95. The molecule has 0 amide bonds. The Hall–Kier alpha value is -3.65. The van der Waals surface area contributed by atoms with Crippen LogP contribution in [0.3, 0.4) is 0 Å². The van der Waals surface area contributed by atoms with Gasteiger partial charge in [0.15, 0.2) is 0 Å². The maximum absolute atomic E-state index is 4.63. The minimum Gasteiger partial charge on any atom is -0.298 e. The average molecular weight is 346 g/mol. The molecule has 0 bridgehead atoms. The van der Waals surface area contributed by atoms with Crippen LogP contribution in [0.4, 0.5) is 0 Å². The SMILES string of the molecule is c1ccc(-c2cccc(-c3ccccc3)c2-n2cnc3ccccc32)cc1. The van der Waals surface area contributed by atoms with Crippen LogP contribution in [-0.4, -0.2) is 9.55 Å². The quantitative estimate of drug-likeness (QED) is 0.372. The predicted molar refractivity (Wildman–Crippen MR) is 112 cm³/mol. The summed E-state index contributed by atoms with van der Waals surface area (Å²) in [6.45, 7) is 0. The summed E-state index contributed by atoms with van der Waals surface area (Å²) in [7, 11) is 0. The van der Waals surface area contributed by atoms with Gasteiger partial charge in [0.2, 0.25) is 0 Å². The summed E-state index contributed by atoms with van der Waals surface area (Å²) in [4.78, 5) is 4.63. The Balaban J connectivity index is 1.87. The van der Waals surface area contributed by atoms with Crippen LogP contribution in [0, 0.1) is 0 Å². The van der Waals surface area contributed by atoms with Crippen molar-refractivity contribution in [1.29, 1.82) is 0 Å². The van der Waals surface area contributed by atoms with E-state index in [-0.39, 0.29) is 0 Å². The van der Waals surface area contributed by atoms with Crippen molar-refractivity contribution in [2.24, 2.45) is 0 Å². The molecule has 5 aromatic rings. The maximum atomic E-state index is 4.63. The minimum atomic E-state index is 0.999. The van der Waals surface area contributed by atoms with Crippen LogP contribution < -0.4 is 0 Å². The molecule has 27 heavy (non-hydrogen) atoms. The van der Waals surface area contributed by atoms with Crippen LogP contribution in [-0.2, 0) is 0 Å². The molecule has 0 saturated carbocycles. The number of aromatic nitrogens is 2. The van der Waals surface area contributed by atoms with Gasteiger partial charge in [0.25, 0.3) is 0 Å². The van der Waals surface area contributed by atoms with E-state index in [0.717, 1.165) is 16.7 Å². The zero-order valence-corrected chi connectivity index (χ0v) is 14.8. The van der Waals surface area contributed by atoms with Gasteiger partial charge in [-0.15, -0.1) is 0 Å². The predicted octanol–water partition coefficient (Wildman–Crippen LogP) is 6.36. The van der Waals surface area contributed by atoms with E-state index >= 15 is 0 Å². The van der Waals surface area contributed by atoms with Gasteiger partial charge in [-0.2, -0.15) is 0 Å². The fraction of sp³-hybridized carbons (Fsp3) is 0. The van der Waals surface area contributed by atoms with Gasteiger partial charge in [-0.1, -0.05) is 91.0 Å². The molecule has 5 rings (SSSR count). The zero-order chi connectivity index (χ0) is 18.1. The molecule has 0 fully saturated rings. The summed E-state index contributed by atoms with van der Waals surface area (Å²) < 4.78 is 2.21. The molecule has 0 spiro atoms. The number of hydrogen-bond donors (Lipinski definition) is 0. The third-order valence-corrected chi connectivity index (χ3v) is 4.90. The molecular formula is C25H18N2. The highest BCUT2D eigenvalue weighted by molar-refractivity contribution is 5.89. The topological polar surface area (TPSA) is 17.8 Å². The van der Waals surface area contributed by atoms with Gasteiger partial charge in [0.1, 0.15) is 6.33 Å². The Bertz CT molecular complexity index is 1150. The van der Waals surface area contributed by atoms with Crippen LogP contribution >= 0.6 is 0 Å². The van der Waals surface area contributed by atoms with Crippen LogP contribution in [0.5, 0.6) is 0 Å². The Kier molecular flexibility index (Phi) is 3.80. The first-order valence-corrected chi connectivity index (χ1v) is 9.08. The van der Waals surface area contributed by atoms with Crippen molar-refractivity contribution in [1.82, 2.24) is 9.55 Å². The summed E-state index contributed by atoms with van der Waals surface area (Å²) in [5.74, 6) is 0. The molecule has 1 heterocycles. The first-order chi connectivity index (χ1) is 13.4. The van der Waals surface area contributed by atoms with Crippen molar-refractivity contribution in [2.75, 3.05) is 0 Å². The maximum Gasteiger partial charge on any atom is 0.100 e.